The SMILES string of the molecule is Oc1cccc(CCCCCCCc2cccc(O)c2O)c1O. The number of unbranched alkanes of at least 4 members (excludes halogenated alkanes) is 4. The van der Waals surface area contributed by atoms with Gasteiger partial charge >= 0.3 is 0 Å². The molecule has 0 heterocycles. The lowest BCUT2D eigenvalue weighted by molar-refractivity contribution is 0.398. The standard InChI is InChI=1S/C19H24O4/c20-16-12-6-10-14(18(16)22)8-4-2-1-3-5-9-15-11-7-13-17(21)19(15)23/h6-7,10-13,20-23H,1-5,8-9H2. The second-order valence-corrected chi connectivity index (χ2v) is 5.84. The highest BCUT2D eigenvalue weighted by Gasteiger charge is 2.06. The zero-order valence-corrected chi connectivity index (χ0v) is 13.2. The van der Waals surface area contributed by atoms with Gasteiger partial charge in [0, 0.05) is 0 Å². The molecule has 4 nitrogen and oxygen atoms in total. The molecule has 0 aromatic heterocycles. The molecule has 0 aliphatic heterocycles. The van der Waals surface area contributed by atoms with E-state index in [-0.39, 0.29) is 23.0 Å². The zero-order chi connectivity index (χ0) is 16.7. The number of hydrogen-bond acceptors (Lipinski definition) is 4. The normalized spacial score (nSPS) is 10.8. The molecule has 4 heteroatoms. The number of phenols is 4. The van der Waals surface area contributed by atoms with Crippen molar-refractivity contribution in [2.75, 3.05) is 0 Å². The van der Waals surface area contributed by atoms with Crippen molar-refractivity contribution >= 4 is 0 Å². The summed E-state index contributed by atoms with van der Waals surface area (Å²) < 4.78 is 0. The second-order valence-electron chi connectivity index (χ2n) is 5.84. The Labute approximate surface area is 136 Å². The van der Waals surface area contributed by atoms with Crippen molar-refractivity contribution in [2.24, 2.45) is 0 Å². The highest BCUT2D eigenvalue weighted by atomic mass is 16.3. The van der Waals surface area contributed by atoms with Crippen LogP contribution in [0.3, 0.4) is 0 Å². The molecule has 23 heavy (non-hydrogen) atoms. The van der Waals surface area contributed by atoms with Crippen LogP contribution in [0.4, 0.5) is 0 Å². The lowest BCUT2D eigenvalue weighted by Gasteiger charge is -2.07. The Morgan fingerprint density at radius 1 is 0.522 bits per heavy atom. The molecule has 2 rings (SSSR count). The summed E-state index contributed by atoms with van der Waals surface area (Å²) in [6.45, 7) is 0. The van der Waals surface area contributed by atoms with Crippen LogP contribution in [0.5, 0.6) is 23.0 Å². The number of rotatable bonds is 8. The summed E-state index contributed by atoms with van der Waals surface area (Å²) in [5.41, 5.74) is 1.57. The summed E-state index contributed by atoms with van der Waals surface area (Å²) in [4.78, 5) is 0. The molecule has 2 aromatic carbocycles. The van der Waals surface area contributed by atoms with E-state index in [1.807, 2.05) is 12.1 Å². The third-order valence-electron chi connectivity index (χ3n) is 4.09. The first-order chi connectivity index (χ1) is 11.1. The van der Waals surface area contributed by atoms with Crippen LogP contribution in [0.2, 0.25) is 0 Å². The maximum atomic E-state index is 9.72. The highest BCUT2D eigenvalue weighted by molar-refractivity contribution is 5.44. The van der Waals surface area contributed by atoms with Crippen LogP contribution in [0, 0.1) is 0 Å². The minimum Gasteiger partial charge on any atom is -0.504 e. The van der Waals surface area contributed by atoms with Gasteiger partial charge in [0.05, 0.1) is 0 Å². The first-order valence-corrected chi connectivity index (χ1v) is 8.09. The average molecular weight is 316 g/mol. The molecule has 0 bridgehead atoms. The molecule has 0 fully saturated rings. The third kappa shape index (κ3) is 4.81. The summed E-state index contributed by atoms with van der Waals surface area (Å²) >= 11 is 0. The Balaban J connectivity index is 1.63. The predicted octanol–water partition coefficient (Wildman–Crippen LogP) is 4.24. The number of aromatic hydroxyl groups is 4. The van der Waals surface area contributed by atoms with Gasteiger partial charge in [-0.05, 0) is 48.9 Å². The van der Waals surface area contributed by atoms with Crippen LogP contribution < -0.4 is 0 Å². The smallest absolute Gasteiger partial charge is 0.160 e. The fourth-order valence-corrected chi connectivity index (χ4v) is 2.72. The van der Waals surface area contributed by atoms with Crippen molar-refractivity contribution in [1.82, 2.24) is 0 Å². The first kappa shape index (κ1) is 17.0. The Morgan fingerprint density at radius 3 is 1.35 bits per heavy atom. The van der Waals surface area contributed by atoms with Gasteiger partial charge in [-0.1, -0.05) is 43.5 Å². The quantitative estimate of drug-likeness (QED) is 0.433. The van der Waals surface area contributed by atoms with E-state index in [9.17, 15) is 20.4 Å². The minimum atomic E-state index is -0.0616. The van der Waals surface area contributed by atoms with Crippen molar-refractivity contribution < 1.29 is 20.4 Å². The fourth-order valence-electron chi connectivity index (χ4n) is 2.72. The van der Waals surface area contributed by atoms with Crippen molar-refractivity contribution in [3.63, 3.8) is 0 Å². The van der Waals surface area contributed by atoms with Gasteiger partial charge in [0.15, 0.2) is 23.0 Å². The minimum absolute atomic E-state index is 0.00754. The van der Waals surface area contributed by atoms with E-state index in [4.69, 9.17) is 0 Å². The molecule has 4 N–H and O–H groups in total. The third-order valence-corrected chi connectivity index (χ3v) is 4.09. The van der Waals surface area contributed by atoms with Gasteiger partial charge < -0.3 is 20.4 Å². The van der Waals surface area contributed by atoms with Gasteiger partial charge in [0.25, 0.3) is 0 Å². The monoisotopic (exact) mass is 316 g/mol. The Hall–Kier alpha value is -2.36. The number of benzene rings is 2. The molecule has 0 radical (unpaired) electrons. The molecule has 0 saturated heterocycles. The molecule has 124 valence electrons. The van der Waals surface area contributed by atoms with E-state index in [0.717, 1.165) is 56.1 Å². The van der Waals surface area contributed by atoms with Crippen molar-refractivity contribution in [2.45, 2.75) is 44.9 Å². The van der Waals surface area contributed by atoms with Crippen molar-refractivity contribution in [3.05, 3.63) is 47.5 Å². The average Bonchev–Trinajstić information content (AvgIpc) is 2.54. The Morgan fingerprint density at radius 2 is 0.913 bits per heavy atom. The van der Waals surface area contributed by atoms with Gasteiger partial charge in [-0.15, -0.1) is 0 Å². The molecule has 0 unspecified atom stereocenters. The lowest BCUT2D eigenvalue weighted by atomic mass is 10.0. The summed E-state index contributed by atoms with van der Waals surface area (Å²) in [6, 6.07) is 10.1. The molecular formula is C19H24O4. The largest absolute Gasteiger partial charge is 0.504 e. The van der Waals surface area contributed by atoms with E-state index in [1.54, 1.807) is 12.1 Å². The topological polar surface area (TPSA) is 80.9 Å². The number of phenolic OH excluding ortho intramolecular Hbond substituents is 4. The van der Waals surface area contributed by atoms with Crippen molar-refractivity contribution in [3.8, 4) is 23.0 Å². The summed E-state index contributed by atoms with van der Waals surface area (Å²) in [5, 5.41) is 38.3. The first-order valence-electron chi connectivity index (χ1n) is 8.09. The maximum Gasteiger partial charge on any atom is 0.160 e. The van der Waals surface area contributed by atoms with Gasteiger partial charge in [-0.25, -0.2) is 0 Å². The summed E-state index contributed by atoms with van der Waals surface area (Å²) in [6.07, 6.45) is 6.64. The molecule has 2 aromatic rings. The van der Waals surface area contributed by atoms with Gasteiger partial charge in [0.2, 0.25) is 0 Å². The predicted molar refractivity (Wildman–Crippen MR) is 90.0 cm³/mol. The number of aryl methyl sites for hydroxylation is 2. The molecule has 0 atom stereocenters. The summed E-state index contributed by atoms with van der Waals surface area (Å²) in [5.74, 6) is -0.138. The molecule has 0 amide bonds. The molecule has 0 aliphatic carbocycles. The van der Waals surface area contributed by atoms with Gasteiger partial charge in [-0.2, -0.15) is 0 Å². The van der Waals surface area contributed by atoms with Crippen LogP contribution >= 0.6 is 0 Å². The van der Waals surface area contributed by atoms with Crippen LogP contribution in [0.1, 0.15) is 43.2 Å². The molecular weight excluding hydrogens is 292 g/mol. The van der Waals surface area contributed by atoms with Crippen LogP contribution in [-0.4, -0.2) is 20.4 Å². The van der Waals surface area contributed by atoms with Gasteiger partial charge in [0.1, 0.15) is 0 Å². The van der Waals surface area contributed by atoms with Crippen molar-refractivity contribution in [1.29, 1.82) is 0 Å². The molecule has 0 saturated carbocycles. The molecule has 0 aliphatic rings. The Kier molecular flexibility index (Phi) is 6.15. The lowest BCUT2D eigenvalue weighted by Crippen LogP contribution is -1.89. The van der Waals surface area contributed by atoms with Crippen LogP contribution in [0.15, 0.2) is 36.4 Å². The zero-order valence-electron chi connectivity index (χ0n) is 13.2. The second kappa shape index (κ2) is 8.32. The van der Waals surface area contributed by atoms with E-state index >= 15 is 0 Å². The number of hydrogen-bond donors (Lipinski definition) is 4. The van der Waals surface area contributed by atoms with E-state index < -0.39 is 0 Å². The maximum absolute atomic E-state index is 9.72. The Bertz CT molecular complexity index is 582. The van der Waals surface area contributed by atoms with Gasteiger partial charge in [-0.3, -0.25) is 0 Å². The highest BCUT2D eigenvalue weighted by Crippen LogP contribution is 2.30. The van der Waals surface area contributed by atoms with Crippen LogP contribution in [0.25, 0.3) is 0 Å². The van der Waals surface area contributed by atoms with E-state index in [0.29, 0.717) is 0 Å². The fraction of sp³-hybridized carbons (Fsp3) is 0.368. The molecule has 0 spiro atoms. The van der Waals surface area contributed by atoms with E-state index in [1.165, 1.54) is 12.1 Å². The van der Waals surface area contributed by atoms with Crippen LogP contribution in [-0.2, 0) is 12.8 Å². The summed E-state index contributed by atoms with van der Waals surface area (Å²) in [7, 11) is 0. The van der Waals surface area contributed by atoms with E-state index in [2.05, 4.69) is 0 Å². The number of para-hydroxylation sites is 2.